The van der Waals surface area contributed by atoms with E-state index in [-0.39, 0.29) is 0 Å². The lowest BCUT2D eigenvalue weighted by molar-refractivity contribution is 0.121. The van der Waals surface area contributed by atoms with E-state index in [1.165, 1.54) is 49.4 Å². The third kappa shape index (κ3) is 6.15. The van der Waals surface area contributed by atoms with Crippen LogP contribution in [0.5, 0.6) is 5.75 Å². The summed E-state index contributed by atoms with van der Waals surface area (Å²) in [5.74, 6) is 1.17. The normalized spacial score (nSPS) is 16.4. The minimum atomic E-state index is -0.710. The van der Waals surface area contributed by atoms with Crippen molar-refractivity contribution >= 4 is 17.1 Å². The molecule has 0 saturated carbocycles. The fourth-order valence-corrected chi connectivity index (χ4v) is 4.79. The largest absolute Gasteiger partial charge is 0.513 e. The molecule has 0 amide bonds. The second-order valence-corrected chi connectivity index (χ2v) is 8.86. The van der Waals surface area contributed by atoms with Gasteiger partial charge in [-0.2, -0.15) is 5.26 Å². The molecule has 1 aliphatic heterocycles. The molecule has 2 heterocycles. The number of carbonyl (C=O) groups is 1. The van der Waals surface area contributed by atoms with Gasteiger partial charge in [0, 0.05) is 29.7 Å². The van der Waals surface area contributed by atoms with Crippen LogP contribution in [0.1, 0.15) is 42.4 Å². The van der Waals surface area contributed by atoms with Gasteiger partial charge in [-0.3, -0.25) is 0 Å². The number of nitriles is 1. The number of ether oxygens (including phenoxy) is 2. The highest BCUT2D eigenvalue weighted by atomic mass is 16.7. The number of rotatable bonds is 8. The molecule has 0 spiro atoms. The first kappa shape index (κ1) is 22.9. The standard InChI is InChI=1S/C27H31N3O3/c1-32-27(31)33-24-11-12-25-23(18-29-26(25)16-24)6-2-3-13-30-14-4-5-22(19-30)15-20-7-9-21(17-28)10-8-20/h7-12,16,18,22,29H,2-6,13-15,19H2,1H3. The molecule has 1 aliphatic rings. The van der Waals surface area contributed by atoms with E-state index in [0.29, 0.717) is 11.7 Å². The average Bonchev–Trinajstić information content (AvgIpc) is 3.24. The molecule has 4 rings (SSSR count). The summed E-state index contributed by atoms with van der Waals surface area (Å²) in [6.07, 6.45) is 8.34. The van der Waals surface area contributed by atoms with Crippen molar-refractivity contribution in [2.24, 2.45) is 5.92 Å². The summed E-state index contributed by atoms with van der Waals surface area (Å²) in [7, 11) is 1.30. The molecule has 172 valence electrons. The summed E-state index contributed by atoms with van der Waals surface area (Å²) in [6.45, 7) is 3.50. The van der Waals surface area contributed by atoms with Gasteiger partial charge in [0.15, 0.2) is 0 Å². The Morgan fingerprint density at radius 1 is 1.21 bits per heavy atom. The van der Waals surface area contributed by atoms with Gasteiger partial charge >= 0.3 is 6.16 Å². The Bertz CT molecular complexity index is 1110. The first-order valence-electron chi connectivity index (χ1n) is 11.7. The number of fused-ring (bicyclic) bond motifs is 1. The van der Waals surface area contributed by atoms with Gasteiger partial charge in [0.2, 0.25) is 0 Å². The molecule has 1 aromatic heterocycles. The van der Waals surface area contributed by atoms with Crippen molar-refractivity contribution in [2.75, 3.05) is 26.7 Å². The summed E-state index contributed by atoms with van der Waals surface area (Å²) >= 11 is 0. The summed E-state index contributed by atoms with van der Waals surface area (Å²) in [5, 5.41) is 10.1. The number of aromatic amines is 1. The van der Waals surface area contributed by atoms with Crippen molar-refractivity contribution in [3.63, 3.8) is 0 Å². The molecule has 1 unspecified atom stereocenters. The minimum absolute atomic E-state index is 0.475. The summed E-state index contributed by atoms with van der Waals surface area (Å²) < 4.78 is 9.65. The van der Waals surface area contributed by atoms with Crippen LogP contribution in [0.25, 0.3) is 10.9 Å². The number of nitrogens with one attached hydrogen (secondary N) is 1. The molecule has 1 N–H and O–H groups in total. The Hall–Kier alpha value is -3.30. The zero-order valence-electron chi connectivity index (χ0n) is 19.2. The number of benzene rings is 2. The highest BCUT2D eigenvalue weighted by Crippen LogP contribution is 2.25. The number of likely N-dealkylation sites (tertiary alicyclic amines) is 1. The van der Waals surface area contributed by atoms with Gasteiger partial charge in [-0.15, -0.1) is 0 Å². The molecule has 1 saturated heterocycles. The zero-order chi connectivity index (χ0) is 23.0. The van der Waals surface area contributed by atoms with Gasteiger partial charge in [0.1, 0.15) is 5.75 Å². The number of piperidine rings is 1. The summed E-state index contributed by atoms with van der Waals surface area (Å²) in [4.78, 5) is 17.2. The van der Waals surface area contributed by atoms with E-state index >= 15 is 0 Å². The molecule has 0 bridgehead atoms. The third-order valence-electron chi connectivity index (χ3n) is 6.49. The number of aryl methyl sites for hydroxylation is 1. The van der Waals surface area contributed by atoms with Crippen molar-refractivity contribution < 1.29 is 14.3 Å². The fourth-order valence-electron chi connectivity index (χ4n) is 4.79. The maximum absolute atomic E-state index is 11.3. The zero-order valence-corrected chi connectivity index (χ0v) is 19.2. The van der Waals surface area contributed by atoms with Crippen molar-refractivity contribution in [2.45, 2.75) is 38.5 Å². The van der Waals surface area contributed by atoms with Crippen LogP contribution in [0.2, 0.25) is 0 Å². The number of carbonyl (C=O) groups excluding carboxylic acids is 1. The number of methoxy groups -OCH3 is 1. The predicted octanol–water partition coefficient (Wildman–Crippen LogP) is 5.46. The molecule has 1 atom stereocenters. The molecule has 33 heavy (non-hydrogen) atoms. The smallest absolute Gasteiger partial charge is 0.437 e. The van der Waals surface area contributed by atoms with E-state index in [0.717, 1.165) is 43.4 Å². The first-order chi connectivity index (χ1) is 16.1. The Morgan fingerprint density at radius 3 is 2.85 bits per heavy atom. The van der Waals surface area contributed by atoms with Crippen molar-refractivity contribution in [1.29, 1.82) is 5.26 Å². The fraction of sp³-hybridized carbons (Fsp3) is 0.407. The summed E-state index contributed by atoms with van der Waals surface area (Å²) in [6, 6.07) is 15.9. The molecule has 6 heteroatoms. The lowest BCUT2D eigenvalue weighted by atomic mass is 9.91. The highest BCUT2D eigenvalue weighted by Gasteiger charge is 2.20. The topological polar surface area (TPSA) is 78.3 Å². The Balaban J connectivity index is 1.22. The predicted molar refractivity (Wildman–Crippen MR) is 128 cm³/mol. The van der Waals surface area contributed by atoms with E-state index in [1.807, 2.05) is 24.3 Å². The SMILES string of the molecule is COC(=O)Oc1ccc2c(CCCCN3CCCC(Cc4ccc(C#N)cc4)C3)c[nH]c2c1. The van der Waals surface area contributed by atoms with Gasteiger partial charge in [-0.1, -0.05) is 12.1 Å². The maximum atomic E-state index is 11.3. The van der Waals surface area contributed by atoms with Gasteiger partial charge in [0.25, 0.3) is 0 Å². The molecule has 6 nitrogen and oxygen atoms in total. The Morgan fingerprint density at radius 2 is 2.06 bits per heavy atom. The molecule has 3 aromatic rings. The molecule has 1 fully saturated rings. The van der Waals surface area contributed by atoms with E-state index in [9.17, 15) is 4.79 Å². The maximum Gasteiger partial charge on any atom is 0.513 e. The first-order valence-corrected chi connectivity index (χ1v) is 11.7. The van der Waals surface area contributed by atoms with Crippen molar-refractivity contribution in [1.82, 2.24) is 9.88 Å². The number of unbranched alkanes of at least 4 members (excludes halogenated alkanes) is 1. The van der Waals surface area contributed by atoms with Gasteiger partial charge in [0.05, 0.1) is 18.7 Å². The Kier molecular flexibility index (Phi) is 7.64. The number of aromatic nitrogens is 1. The Labute approximate surface area is 195 Å². The quantitative estimate of drug-likeness (QED) is 0.283. The monoisotopic (exact) mass is 445 g/mol. The molecular formula is C27H31N3O3. The van der Waals surface area contributed by atoms with E-state index in [4.69, 9.17) is 10.00 Å². The molecular weight excluding hydrogens is 414 g/mol. The highest BCUT2D eigenvalue weighted by molar-refractivity contribution is 5.85. The van der Waals surface area contributed by atoms with Crippen LogP contribution >= 0.6 is 0 Å². The van der Waals surface area contributed by atoms with E-state index in [1.54, 1.807) is 6.07 Å². The average molecular weight is 446 g/mol. The summed E-state index contributed by atoms with van der Waals surface area (Å²) in [5.41, 5.74) is 4.33. The van der Waals surface area contributed by atoms with Crippen LogP contribution in [0.15, 0.2) is 48.7 Å². The van der Waals surface area contributed by atoms with E-state index < -0.39 is 6.16 Å². The molecule has 0 radical (unpaired) electrons. The van der Waals surface area contributed by atoms with Crippen molar-refractivity contribution in [3.8, 4) is 11.8 Å². The van der Waals surface area contributed by atoms with Gasteiger partial charge < -0.3 is 19.4 Å². The second kappa shape index (κ2) is 11.0. The van der Waals surface area contributed by atoms with Gasteiger partial charge in [-0.25, -0.2) is 4.79 Å². The van der Waals surface area contributed by atoms with Gasteiger partial charge in [-0.05, 0) is 92.9 Å². The van der Waals surface area contributed by atoms with Crippen LogP contribution in [-0.4, -0.2) is 42.8 Å². The molecule has 0 aliphatic carbocycles. The number of hydrogen-bond donors (Lipinski definition) is 1. The second-order valence-electron chi connectivity index (χ2n) is 8.86. The number of H-pyrrole nitrogens is 1. The lowest BCUT2D eigenvalue weighted by Crippen LogP contribution is -2.36. The van der Waals surface area contributed by atoms with E-state index in [2.05, 4.69) is 39.0 Å². The van der Waals surface area contributed by atoms with Crippen LogP contribution in [-0.2, 0) is 17.6 Å². The molecule has 2 aromatic carbocycles. The van der Waals surface area contributed by atoms with Crippen LogP contribution < -0.4 is 4.74 Å². The van der Waals surface area contributed by atoms with Crippen LogP contribution in [0.4, 0.5) is 4.79 Å². The van der Waals surface area contributed by atoms with Crippen molar-refractivity contribution in [3.05, 3.63) is 65.4 Å². The van der Waals surface area contributed by atoms with Crippen LogP contribution in [0, 0.1) is 17.2 Å². The number of hydrogen-bond acceptors (Lipinski definition) is 5. The minimum Gasteiger partial charge on any atom is -0.437 e. The lowest BCUT2D eigenvalue weighted by Gasteiger charge is -2.32. The third-order valence-corrected chi connectivity index (χ3v) is 6.49. The van der Waals surface area contributed by atoms with Crippen LogP contribution in [0.3, 0.4) is 0 Å². The number of nitrogens with zero attached hydrogens (tertiary/aromatic N) is 2.